The molecule has 0 aromatic carbocycles. The molecule has 100 valence electrons. The molecule has 1 unspecified atom stereocenters. The fourth-order valence-corrected chi connectivity index (χ4v) is 2.50. The van der Waals surface area contributed by atoms with E-state index in [0.717, 1.165) is 52.0 Å². The highest BCUT2D eigenvalue weighted by molar-refractivity contribution is 5.86. The van der Waals surface area contributed by atoms with Crippen LogP contribution in [0.2, 0.25) is 0 Å². The van der Waals surface area contributed by atoms with Crippen molar-refractivity contribution in [3.63, 3.8) is 0 Å². The van der Waals surface area contributed by atoms with Gasteiger partial charge >= 0.3 is 0 Å². The molecule has 1 heterocycles. The van der Waals surface area contributed by atoms with Crippen molar-refractivity contribution in [2.24, 2.45) is 0 Å². The van der Waals surface area contributed by atoms with Crippen LogP contribution in [0.4, 0.5) is 0 Å². The molecule has 0 radical (unpaired) electrons. The minimum atomic E-state index is -0.288. The fourth-order valence-electron chi connectivity index (χ4n) is 2.50. The van der Waals surface area contributed by atoms with Crippen LogP contribution >= 0.6 is 0 Å². The van der Waals surface area contributed by atoms with E-state index in [1.807, 2.05) is 0 Å². The first kappa shape index (κ1) is 14.5. The van der Waals surface area contributed by atoms with E-state index in [1.165, 1.54) is 0 Å². The van der Waals surface area contributed by atoms with E-state index in [1.54, 1.807) is 0 Å². The van der Waals surface area contributed by atoms with Gasteiger partial charge in [-0.25, -0.2) is 0 Å². The number of rotatable bonds is 7. The topological polar surface area (TPSA) is 44.4 Å². The lowest BCUT2D eigenvalue weighted by Crippen LogP contribution is -2.54. The van der Waals surface area contributed by atoms with Gasteiger partial charge in [0.15, 0.2) is 0 Å². The smallest absolute Gasteiger partial charge is 0.240 e. The van der Waals surface area contributed by atoms with Gasteiger partial charge in [-0.3, -0.25) is 4.79 Å². The highest BCUT2D eigenvalue weighted by Crippen LogP contribution is 2.22. The summed E-state index contributed by atoms with van der Waals surface area (Å²) in [5, 5.41) is 6.43. The normalized spacial score (nSPS) is 24.2. The van der Waals surface area contributed by atoms with Gasteiger partial charge in [-0.05, 0) is 38.9 Å². The maximum atomic E-state index is 12.2. The summed E-state index contributed by atoms with van der Waals surface area (Å²) in [5.74, 6) is 0.185. The van der Waals surface area contributed by atoms with Crippen molar-refractivity contribution in [1.82, 2.24) is 15.5 Å². The van der Waals surface area contributed by atoms with Crippen LogP contribution in [0.5, 0.6) is 0 Å². The third-order valence-electron chi connectivity index (χ3n) is 3.89. The van der Waals surface area contributed by atoms with E-state index in [4.69, 9.17) is 0 Å². The van der Waals surface area contributed by atoms with Crippen molar-refractivity contribution in [3.8, 4) is 0 Å². The Morgan fingerprint density at radius 2 is 2.06 bits per heavy atom. The molecule has 17 heavy (non-hydrogen) atoms. The summed E-state index contributed by atoms with van der Waals surface area (Å²) in [7, 11) is 0. The summed E-state index contributed by atoms with van der Waals surface area (Å²) in [6.45, 7) is 11.1. The van der Waals surface area contributed by atoms with Crippen LogP contribution in [-0.2, 0) is 4.79 Å². The third-order valence-corrected chi connectivity index (χ3v) is 3.89. The molecule has 0 aromatic heterocycles. The van der Waals surface area contributed by atoms with Crippen molar-refractivity contribution in [1.29, 1.82) is 0 Å². The van der Waals surface area contributed by atoms with Crippen LogP contribution in [0, 0.1) is 0 Å². The Balaban J connectivity index is 2.33. The van der Waals surface area contributed by atoms with Gasteiger partial charge in [-0.15, -0.1) is 0 Å². The first-order valence-electron chi connectivity index (χ1n) is 6.94. The van der Waals surface area contributed by atoms with Crippen molar-refractivity contribution >= 4 is 5.91 Å². The quantitative estimate of drug-likeness (QED) is 0.698. The molecule has 4 heteroatoms. The number of hydrogen-bond donors (Lipinski definition) is 2. The summed E-state index contributed by atoms with van der Waals surface area (Å²) in [6.07, 6.45) is 2.96. The molecular weight excluding hydrogens is 214 g/mol. The van der Waals surface area contributed by atoms with E-state index >= 15 is 0 Å². The second kappa shape index (κ2) is 6.97. The Labute approximate surface area is 105 Å². The summed E-state index contributed by atoms with van der Waals surface area (Å²) in [6, 6.07) is 0. The molecule has 1 amide bonds. The van der Waals surface area contributed by atoms with E-state index < -0.39 is 0 Å². The molecule has 0 aromatic rings. The average molecular weight is 241 g/mol. The molecule has 0 saturated carbocycles. The molecule has 0 aliphatic carbocycles. The second-order valence-electron chi connectivity index (χ2n) is 4.75. The summed E-state index contributed by atoms with van der Waals surface area (Å²) in [5.41, 5.74) is -0.288. The zero-order chi connectivity index (χ0) is 12.7. The number of carbonyl (C=O) groups is 1. The zero-order valence-corrected chi connectivity index (χ0v) is 11.5. The zero-order valence-electron chi connectivity index (χ0n) is 11.5. The van der Waals surface area contributed by atoms with Gasteiger partial charge in [-0.2, -0.15) is 0 Å². The molecule has 0 bridgehead atoms. The molecule has 4 nitrogen and oxygen atoms in total. The van der Waals surface area contributed by atoms with Crippen LogP contribution in [0.25, 0.3) is 0 Å². The predicted octanol–water partition coefficient (Wildman–Crippen LogP) is 0.977. The van der Waals surface area contributed by atoms with Crippen LogP contribution in [0.1, 0.15) is 40.0 Å². The standard InChI is InChI=1S/C13H27N3O/c1-4-13(8-7-9-15-13)12(17)14-10-11-16(5-2)6-3/h15H,4-11H2,1-3H3,(H,14,17). The van der Waals surface area contributed by atoms with Gasteiger partial charge in [0.2, 0.25) is 5.91 Å². The van der Waals surface area contributed by atoms with Gasteiger partial charge in [0.05, 0.1) is 5.54 Å². The highest BCUT2D eigenvalue weighted by atomic mass is 16.2. The Kier molecular flexibility index (Phi) is 5.92. The number of nitrogens with one attached hydrogen (secondary N) is 2. The van der Waals surface area contributed by atoms with Gasteiger partial charge in [-0.1, -0.05) is 20.8 Å². The lowest BCUT2D eigenvalue weighted by atomic mass is 9.93. The molecule has 1 atom stereocenters. The fraction of sp³-hybridized carbons (Fsp3) is 0.923. The second-order valence-corrected chi connectivity index (χ2v) is 4.75. The first-order chi connectivity index (χ1) is 8.18. The maximum Gasteiger partial charge on any atom is 0.240 e. The third kappa shape index (κ3) is 3.68. The minimum Gasteiger partial charge on any atom is -0.353 e. The van der Waals surface area contributed by atoms with Crippen LogP contribution in [-0.4, -0.2) is 49.1 Å². The Morgan fingerprint density at radius 1 is 1.35 bits per heavy atom. The van der Waals surface area contributed by atoms with E-state index in [2.05, 4.69) is 36.3 Å². The minimum absolute atomic E-state index is 0.185. The molecule has 1 aliphatic heterocycles. The van der Waals surface area contributed by atoms with Crippen molar-refractivity contribution in [3.05, 3.63) is 0 Å². The van der Waals surface area contributed by atoms with Gasteiger partial charge in [0.1, 0.15) is 0 Å². The molecule has 1 fully saturated rings. The highest BCUT2D eigenvalue weighted by Gasteiger charge is 2.38. The van der Waals surface area contributed by atoms with Crippen LogP contribution < -0.4 is 10.6 Å². The predicted molar refractivity (Wildman–Crippen MR) is 71.1 cm³/mol. The van der Waals surface area contributed by atoms with Crippen LogP contribution in [0.15, 0.2) is 0 Å². The van der Waals surface area contributed by atoms with Crippen LogP contribution in [0.3, 0.4) is 0 Å². The van der Waals surface area contributed by atoms with Crippen molar-refractivity contribution < 1.29 is 4.79 Å². The molecule has 1 rings (SSSR count). The Bertz CT molecular complexity index is 233. The SMILES string of the molecule is CCN(CC)CCNC(=O)C1(CC)CCCN1. The van der Waals surface area contributed by atoms with Gasteiger partial charge < -0.3 is 15.5 Å². The van der Waals surface area contributed by atoms with Crippen molar-refractivity contribution in [2.75, 3.05) is 32.7 Å². The number of likely N-dealkylation sites (N-methyl/N-ethyl adjacent to an activating group) is 1. The Morgan fingerprint density at radius 3 is 2.53 bits per heavy atom. The number of carbonyl (C=O) groups excluding carboxylic acids is 1. The van der Waals surface area contributed by atoms with Gasteiger partial charge in [0, 0.05) is 13.1 Å². The molecule has 0 spiro atoms. The monoisotopic (exact) mass is 241 g/mol. The summed E-state index contributed by atoms with van der Waals surface area (Å²) >= 11 is 0. The Hall–Kier alpha value is -0.610. The van der Waals surface area contributed by atoms with Crippen molar-refractivity contribution in [2.45, 2.75) is 45.6 Å². The lowest BCUT2D eigenvalue weighted by Gasteiger charge is -2.27. The van der Waals surface area contributed by atoms with E-state index in [9.17, 15) is 4.79 Å². The summed E-state index contributed by atoms with van der Waals surface area (Å²) in [4.78, 5) is 14.5. The number of amides is 1. The van der Waals surface area contributed by atoms with E-state index in [0.29, 0.717) is 0 Å². The van der Waals surface area contributed by atoms with Gasteiger partial charge in [0.25, 0.3) is 0 Å². The number of hydrogen-bond acceptors (Lipinski definition) is 3. The first-order valence-corrected chi connectivity index (χ1v) is 6.94. The molecule has 2 N–H and O–H groups in total. The lowest BCUT2D eigenvalue weighted by molar-refractivity contribution is -0.127. The summed E-state index contributed by atoms with van der Waals surface area (Å²) < 4.78 is 0. The number of nitrogens with zero attached hydrogens (tertiary/aromatic N) is 1. The van der Waals surface area contributed by atoms with E-state index in [-0.39, 0.29) is 11.4 Å². The molecule has 1 saturated heterocycles. The largest absolute Gasteiger partial charge is 0.353 e. The average Bonchev–Trinajstić information content (AvgIpc) is 2.84. The maximum absolute atomic E-state index is 12.2. The molecule has 1 aliphatic rings. The molecular formula is C13H27N3O.